The summed E-state index contributed by atoms with van der Waals surface area (Å²) < 4.78 is 1.69. The molecule has 0 saturated heterocycles. The monoisotopic (exact) mass is 300 g/mol. The van der Waals surface area contributed by atoms with E-state index in [1.54, 1.807) is 4.57 Å². The number of hydrogen-bond donors (Lipinski definition) is 0. The minimum atomic E-state index is -0.0663. The van der Waals surface area contributed by atoms with Crippen LogP contribution >= 0.6 is 11.6 Å². The molecule has 1 aliphatic carbocycles. The number of hydrogen-bond acceptors (Lipinski definition) is 2. The molecule has 0 spiro atoms. The van der Waals surface area contributed by atoms with E-state index in [4.69, 9.17) is 11.6 Å². The number of aromatic nitrogens is 2. The van der Waals surface area contributed by atoms with Gasteiger partial charge in [-0.05, 0) is 37.5 Å². The minimum Gasteiger partial charge on any atom is -0.268 e. The van der Waals surface area contributed by atoms with Crippen molar-refractivity contribution in [1.82, 2.24) is 9.55 Å². The van der Waals surface area contributed by atoms with Crippen LogP contribution in [0, 0.1) is 6.92 Å². The predicted molar refractivity (Wildman–Crippen MR) is 86.2 cm³/mol. The van der Waals surface area contributed by atoms with Gasteiger partial charge >= 0.3 is 0 Å². The van der Waals surface area contributed by atoms with Crippen molar-refractivity contribution in [2.75, 3.05) is 0 Å². The zero-order valence-electron chi connectivity index (χ0n) is 12.2. The van der Waals surface area contributed by atoms with Crippen molar-refractivity contribution in [3.05, 3.63) is 56.6 Å². The van der Waals surface area contributed by atoms with Crippen molar-refractivity contribution in [3.8, 4) is 5.69 Å². The molecule has 1 aromatic carbocycles. The van der Waals surface area contributed by atoms with Crippen molar-refractivity contribution in [1.29, 1.82) is 0 Å². The summed E-state index contributed by atoms with van der Waals surface area (Å²) in [6, 6.07) is 7.89. The second-order valence-corrected chi connectivity index (χ2v) is 5.73. The normalized spacial score (nSPS) is 13.8. The van der Waals surface area contributed by atoms with Gasteiger partial charge in [-0.2, -0.15) is 0 Å². The largest absolute Gasteiger partial charge is 0.268 e. The SMILES string of the molecule is CCc1nc2c(c(=O)n1-c1cccc(C)c1)=C(Cl)CCC=2. The van der Waals surface area contributed by atoms with Crippen LogP contribution in [0.5, 0.6) is 0 Å². The Hall–Kier alpha value is -1.87. The van der Waals surface area contributed by atoms with Gasteiger partial charge in [-0.25, -0.2) is 4.98 Å². The Morgan fingerprint density at radius 3 is 2.90 bits per heavy atom. The van der Waals surface area contributed by atoms with E-state index in [2.05, 4.69) is 4.98 Å². The quantitative estimate of drug-likeness (QED) is 0.850. The predicted octanol–water partition coefficient (Wildman–Crippen LogP) is 2.02. The second kappa shape index (κ2) is 5.49. The van der Waals surface area contributed by atoms with Crippen LogP contribution in [-0.2, 0) is 6.42 Å². The van der Waals surface area contributed by atoms with Crippen molar-refractivity contribution in [3.63, 3.8) is 0 Å². The number of aryl methyl sites for hydroxylation is 2. The highest BCUT2D eigenvalue weighted by atomic mass is 35.5. The summed E-state index contributed by atoms with van der Waals surface area (Å²) in [6.07, 6.45) is 4.25. The van der Waals surface area contributed by atoms with E-state index in [-0.39, 0.29) is 5.56 Å². The Bertz CT molecular complexity index is 881. The number of rotatable bonds is 2. The third kappa shape index (κ3) is 2.42. The Morgan fingerprint density at radius 1 is 1.38 bits per heavy atom. The van der Waals surface area contributed by atoms with Gasteiger partial charge < -0.3 is 0 Å². The molecule has 0 unspecified atom stereocenters. The Kier molecular flexibility index (Phi) is 3.68. The maximum atomic E-state index is 12.9. The fourth-order valence-corrected chi connectivity index (χ4v) is 3.00. The standard InChI is InChI=1S/C17H17ClN2O/c1-3-15-19-14-9-5-8-13(18)16(14)17(21)20(15)12-7-4-6-11(2)10-12/h4,6-7,9-10H,3,5,8H2,1-2H3. The van der Waals surface area contributed by atoms with E-state index < -0.39 is 0 Å². The van der Waals surface area contributed by atoms with Crippen LogP contribution < -0.4 is 16.1 Å². The molecule has 0 radical (unpaired) electrons. The van der Waals surface area contributed by atoms with Crippen molar-refractivity contribution in [2.24, 2.45) is 0 Å². The van der Waals surface area contributed by atoms with Crippen molar-refractivity contribution in [2.45, 2.75) is 33.1 Å². The molecule has 3 nitrogen and oxygen atoms in total. The highest BCUT2D eigenvalue weighted by molar-refractivity contribution is 6.45. The average molecular weight is 301 g/mol. The number of benzene rings is 1. The topological polar surface area (TPSA) is 34.9 Å². The van der Waals surface area contributed by atoms with Gasteiger partial charge in [0.1, 0.15) is 5.82 Å². The van der Waals surface area contributed by atoms with E-state index in [0.29, 0.717) is 23.1 Å². The molecule has 21 heavy (non-hydrogen) atoms. The molecule has 0 saturated carbocycles. The van der Waals surface area contributed by atoms with Gasteiger partial charge in [0.05, 0.1) is 16.3 Å². The lowest BCUT2D eigenvalue weighted by Gasteiger charge is -2.13. The average Bonchev–Trinajstić information content (AvgIpc) is 2.46. The van der Waals surface area contributed by atoms with Crippen LogP contribution in [0.1, 0.15) is 31.2 Å². The van der Waals surface area contributed by atoms with Crippen LogP contribution in [-0.4, -0.2) is 9.55 Å². The summed E-state index contributed by atoms with van der Waals surface area (Å²) in [7, 11) is 0. The van der Waals surface area contributed by atoms with E-state index >= 15 is 0 Å². The fraction of sp³-hybridized carbons (Fsp3) is 0.294. The maximum absolute atomic E-state index is 12.9. The lowest BCUT2D eigenvalue weighted by molar-refractivity contribution is 0.786. The second-order valence-electron chi connectivity index (χ2n) is 5.27. The van der Waals surface area contributed by atoms with Gasteiger partial charge in [-0.3, -0.25) is 9.36 Å². The van der Waals surface area contributed by atoms with Crippen LogP contribution in [0.4, 0.5) is 0 Å². The third-order valence-electron chi connectivity index (χ3n) is 3.73. The van der Waals surface area contributed by atoms with Gasteiger partial charge in [0.2, 0.25) is 0 Å². The first-order valence-electron chi connectivity index (χ1n) is 7.19. The lowest BCUT2D eigenvalue weighted by Crippen LogP contribution is -2.49. The molecular weight excluding hydrogens is 284 g/mol. The Balaban J connectivity index is 2.44. The molecule has 3 rings (SSSR count). The molecule has 0 atom stereocenters. The first-order chi connectivity index (χ1) is 10.1. The van der Waals surface area contributed by atoms with Crippen LogP contribution in [0.15, 0.2) is 29.1 Å². The van der Waals surface area contributed by atoms with E-state index in [1.807, 2.05) is 44.2 Å². The number of halogens is 1. The van der Waals surface area contributed by atoms with Crippen LogP contribution in [0.3, 0.4) is 0 Å². The van der Waals surface area contributed by atoms with Gasteiger partial charge in [-0.15, -0.1) is 0 Å². The summed E-state index contributed by atoms with van der Waals surface area (Å²) in [6.45, 7) is 4.02. The molecule has 1 heterocycles. The fourth-order valence-electron chi connectivity index (χ4n) is 2.72. The van der Waals surface area contributed by atoms with Gasteiger partial charge in [0.15, 0.2) is 0 Å². The molecule has 0 N–H and O–H groups in total. The van der Waals surface area contributed by atoms with E-state index in [0.717, 1.165) is 28.8 Å². The molecule has 1 aliphatic rings. The lowest BCUT2D eigenvalue weighted by atomic mass is 10.1. The van der Waals surface area contributed by atoms with E-state index in [9.17, 15) is 4.79 Å². The summed E-state index contributed by atoms with van der Waals surface area (Å²) in [5, 5.41) is 1.91. The zero-order chi connectivity index (χ0) is 15.0. The Labute approximate surface area is 128 Å². The minimum absolute atomic E-state index is 0.0663. The summed E-state index contributed by atoms with van der Waals surface area (Å²) in [5.74, 6) is 0.770. The molecule has 108 valence electrons. The van der Waals surface area contributed by atoms with E-state index in [1.165, 1.54) is 0 Å². The number of nitrogens with zero attached hydrogens (tertiary/aromatic N) is 2. The molecular formula is C17H17ClN2O. The molecule has 0 amide bonds. The highest BCUT2D eigenvalue weighted by Gasteiger charge is 2.13. The van der Waals surface area contributed by atoms with Gasteiger partial charge in [-0.1, -0.05) is 36.7 Å². The molecule has 2 aromatic rings. The number of fused-ring (bicyclic) bond motifs is 1. The van der Waals surface area contributed by atoms with Crippen molar-refractivity contribution >= 4 is 22.7 Å². The summed E-state index contributed by atoms with van der Waals surface area (Å²) in [5.41, 5.74) is 1.89. The van der Waals surface area contributed by atoms with Crippen molar-refractivity contribution < 1.29 is 0 Å². The maximum Gasteiger partial charge on any atom is 0.267 e. The highest BCUT2D eigenvalue weighted by Crippen LogP contribution is 2.12. The zero-order valence-corrected chi connectivity index (χ0v) is 12.9. The smallest absolute Gasteiger partial charge is 0.267 e. The Morgan fingerprint density at radius 2 is 2.19 bits per heavy atom. The van der Waals surface area contributed by atoms with Crippen LogP contribution in [0.25, 0.3) is 16.8 Å². The molecule has 0 bridgehead atoms. The third-order valence-corrected chi connectivity index (χ3v) is 4.11. The summed E-state index contributed by atoms with van der Waals surface area (Å²) >= 11 is 6.28. The molecule has 0 aliphatic heterocycles. The first kappa shape index (κ1) is 14.1. The first-order valence-corrected chi connectivity index (χ1v) is 7.57. The summed E-state index contributed by atoms with van der Waals surface area (Å²) in [4.78, 5) is 17.6. The molecule has 1 aromatic heterocycles. The molecule has 4 heteroatoms. The molecule has 0 fully saturated rings. The van der Waals surface area contributed by atoms with Crippen LogP contribution in [0.2, 0.25) is 0 Å². The van der Waals surface area contributed by atoms with Gasteiger partial charge in [0.25, 0.3) is 5.56 Å². The van der Waals surface area contributed by atoms with Gasteiger partial charge in [0, 0.05) is 11.5 Å².